The third-order valence-electron chi connectivity index (χ3n) is 1.62. The van der Waals surface area contributed by atoms with Crippen molar-refractivity contribution in [3.05, 3.63) is 12.7 Å². The van der Waals surface area contributed by atoms with Gasteiger partial charge in [0.2, 0.25) is 0 Å². The average Bonchev–Trinajstić information content (AvgIpc) is 1.89. The predicted octanol–water partition coefficient (Wildman–Crippen LogP) is 0.486. The highest BCUT2D eigenvalue weighted by atomic mass is 14.7. The summed E-state index contributed by atoms with van der Waals surface area (Å²) in [6.07, 6.45) is 2.76. The van der Waals surface area contributed by atoms with Gasteiger partial charge in [-0.2, -0.15) is 0 Å². The second kappa shape index (κ2) is 3.64. The summed E-state index contributed by atoms with van der Waals surface area (Å²) in [7, 11) is 0. The Hall–Kier alpha value is -0.340. The first-order chi connectivity index (χ1) is 4.18. The van der Waals surface area contributed by atoms with Crippen molar-refractivity contribution < 1.29 is 0 Å². The average molecular weight is 128 g/mol. The highest BCUT2D eigenvalue weighted by Gasteiger charge is 2.17. The van der Waals surface area contributed by atoms with Gasteiger partial charge < -0.3 is 11.5 Å². The molecule has 0 fully saturated rings. The van der Waals surface area contributed by atoms with Crippen molar-refractivity contribution in [2.24, 2.45) is 16.9 Å². The molecule has 0 radical (unpaired) electrons. The van der Waals surface area contributed by atoms with Crippen LogP contribution in [-0.2, 0) is 0 Å². The molecule has 0 heterocycles. The van der Waals surface area contributed by atoms with Gasteiger partial charge >= 0.3 is 0 Å². The SMILES string of the molecule is C=CCC(C)(CN)CN. The van der Waals surface area contributed by atoms with Crippen LogP contribution >= 0.6 is 0 Å². The Morgan fingerprint density at radius 2 is 1.89 bits per heavy atom. The van der Waals surface area contributed by atoms with Gasteiger partial charge in [-0.3, -0.25) is 0 Å². The lowest BCUT2D eigenvalue weighted by Crippen LogP contribution is -2.34. The monoisotopic (exact) mass is 128 g/mol. The molecule has 0 rings (SSSR count). The topological polar surface area (TPSA) is 52.0 Å². The summed E-state index contributed by atoms with van der Waals surface area (Å²) in [5.74, 6) is 0. The minimum Gasteiger partial charge on any atom is -0.330 e. The van der Waals surface area contributed by atoms with Crippen LogP contribution in [0.3, 0.4) is 0 Å². The first kappa shape index (κ1) is 8.66. The van der Waals surface area contributed by atoms with Crippen LogP contribution in [0.15, 0.2) is 12.7 Å². The number of hydrogen-bond donors (Lipinski definition) is 2. The Labute approximate surface area is 56.9 Å². The standard InChI is InChI=1S/C7H16N2/c1-3-4-7(2,5-8)6-9/h3H,1,4-6,8-9H2,2H3. The van der Waals surface area contributed by atoms with E-state index in [1.165, 1.54) is 0 Å². The summed E-state index contributed by atoms with van der Waals surface area (Å²) in [5.41, 5.74) is 11.0. The van der Waals surface area contributed by atoms with E-state index in [1.54, 1.807) is 0 Å². The maximum atomic E-state index is 5.48. The molecule has 0 aliphatic rings. The van der Waals surface area contributed by atoms with Gasteiger partial charge in [-0.15, -0.1) is 6.58 Å². The minimum atomic E-state index is 0.0712. The molecule has 0 aliphatic heterocycles. The molecule has 0 atom stereocenters. The van der Waals surface area contributed by atoms with Crippen molar-refractivity contribution in [2.75, 3.05) is 13.1 Å². The lowest BCUT2D eigenvalue weighted by molar-refractivity contribution is 0.354. The largest absolute Gasteiger partial charge is 0.330 e. The Morgan fingerprint density at radius 1 is 1.44 bits per heavy atom. The smallest absolute Gasteiger partial charge is 0.000812 e. The fraction of sp³-hybridized carbons (Fsp3) is 0.714. The van der Waals surface area contributed by atoms with Crippen molar-refractivity contribution >= 4 is 0 Å². The molecule has 0 saturated heterocycles. The molecule has 9 heavy (non-hydrogen) atoms. The van der Waals surface area contributed by atoms with Crippen LogP contribution < -0.4 is 11.5 Å². The number of nitrogens with two attached hydrogens (primary N) is 2. The molecular weight excluding hydrogens is 112 g/mol. The Kier molecular flexibility index (Phi) is 3.50. The summed E-state index contributed by atoms with van der Waals surface area (Å²) in [4.78, 5) is 0. The Morgan fingerprint density at radius 3 is 2.00 bits per heavy atom. The van der Waals surface area contributed by atoms with Crippen molar-refractivity contribution in [1.29, 1.82) is 0 Å². The summed E-state index contributed by atoms with van der Waals surface area (Å²) in [6.45, 7) is 6.96. The van der Waals surface area contributed by atoms with Gasteiger partial charge in [-0.1, -0.05) is 13.0 Å². The van der Waals surface area contributed by atoms with Gasteiger partial charge in [-0.05, 0) is 24.9 Å². The van der Waals surface area contributed by atoms with Gasteiger partial charge in [-0.25, -0.2) is 0 Å². The van der Waals surface area contributed by atoms with E-state index in [4.69, 9.17) is 11.5 Å². The normalized spacial score (nSPS) is 11.4. The Balaban J connectivity index is 3.75. The van der Waals surface area contributed by atoms with Crippen LogP contribution in [0.1, 0.15) is 13.3 Å². The summed E-state index contributed by atoms with van der Waals surface area (Å²) in [5, 5.41) is 0. The van der Waals surface area contributed by atoms with Crippen molar-refractivity contribution in [3.8, 4) is 0 Å². The molecule has 2 heteroatoms. The van der Waals surface area contributed by atoms with E-state index >= 15 is 0 Å². The molecule has 54 valence electrons. The summed E-state index contributed by atoms with van der Waals surface area (Å²) in [6, 6.07) is 0. The van der Waals surface area contributed by atoms with Gasteiger partial charge in [0.15, 0.2) is 0 Å². The second-order valence-corrected chi connectivity index (χ2v) is 2.71. The molecule has 2 nitrogen and oxygen atoms in total. The van der Waals surface area contributed by atoms with Crippen LogP contribution in [0.25, 0.3) is 0 Å². The molecule has 0 saturated carbocycles. The third-order valence-corrected chi connectivity index (χ3v) is 1.62. The van der Waals surface area contributed by atoms with Crippen LogP contribution in [0.4, 0.5) is 0 Å². The highest BCUT2D eigenvalue weighted by molar-refractivity contribution is 4.84. The zero-order valence-electron chi connectivity index (χ0n) is 6.06. The molecule has 0 amide bonds. The van der Waals surface area contributed by atoms with Gasteiger partial charge in [0.1, 0.15) is 0 Å². The van der Waals surface area contributed by atoms with E-state index in [0.29, 0.717) is 13.1 Å². The van der Waals surface area contributed by atoms with Gasteiger partial charge in [0.05, 0.1) is 0 Å². The van der Waals surface area contributed by atoms with E-state index in [2.05, 4.69) is 13.5 Å². The maximum absolute atomic E-state index is 5.48. The summed E-state index contributed by atoms with van der Waals surface area (Å²) >= 11 is 0. The molecule has 0 aromatic carbocycles. The van der Waals surface area contributed by atoms with E-state index in [0.717, 1.165) is 6.42 Å². The van der Waals surface area contributed by atoms with Crippen LogP contribution in [0, 0.1) is 5.41 Å². The first-order valence-electron chi connectivity index (χ1n) is 3.19. The van der Waals surface area contributed by atoms with E-state index in [9.17, 15) is 0 Å². The fourth-order valence-electron chi connectivity index (χ4n) is 0.598. The van der Waals surface area contributed by atoms with Crippen molar-refractivity contribution in [1.82, 2.24) is 0 Å². The third kappa shape index (κ3) is 2.63. The molecule has 0 aromatic heterocycles. The predicted molar refractivity (Wildman–Crippen MR) is 41.0 cm³/mol. The zero-order chi connectivity index (χ0) is 7.33. The van der Waals surface area contributed by atoms with E-state index in [1.807, 2.05) is 6.08 Å². The van der Waals surface area contributed by atoms with Crippen LogP contribution in [-0.4, -0.2) is 13.1 Å². The molecule has 0 aromatic rings. The van der Waals surface area contributed by atoms with E-state index in [-0.39, 0.29) is 5.41 Å². The molecule has 4 N–H and O–H groups in total. The quantitative estimate of drug-likeness (QED) is 0.541. The molecule has 0 unspecified atom stereocenters. The van der Waals surface area contributed by atoms with Crippen LogP contribution in [0.2, 0.25) is 0 Å². The Bertz CT molecular complexity index is 84.9. The molecule has 0 bridgehead atoms. The summed E-state index contributed by atoms with van der Waals surface area (Å²) < 4.78 is 0. The van der Waals surface area contributed by atoms with Gasteiger partial charge in [0, 0.05) is 0 Å². The number of allylic oxidation sites excluding steroid dienone is 1. The zero-order valence-corrected chi connectivity index (χ0v) is 6.06. The minimum absolute atomic E-state index is 0.0712. The molecular formula is C7H16N2. The first-order valence-corrected chi connectivity index (χ1v) is 3.19. The number of hydrogen-bond acceptors (Lipinski definition) is 2. The maximum Gasteiger partial charge on any atom is -0.000812 e. The second-order valence-electron chi connectivity index (χ2n) is 2.71. The van der Waals surface area contributed by atoms with Crippen molar-refractivity contribution in [3.63, 3.8) is 0 Å². The highest BCUT2D eigenvalue weighted by Crippen LogP contribution is 2.16. The van der Waals surface area contributed by atoms with Gasteiger partial charge in [0.25, 0.3) is 0 Å². The lowest BCUT2D eigenvalue weighted by Gasteiger charge is -2.23. The van der Waals surface area contributed by atoms with E-state index < -0.39 is 0 Å². The molecule has 0 aliphatic carbocycles. The van der Waals surface area contributed by atoms with Crippen LogP contribution in [0.5, 0.6) is 0 Å². The molecule has 0 spiro atoms. The lowest BCUT2D eigenvalue weighted by atomic mass is 9.87. The van der Waals surface area contributed by atoms with Crippen molar-refractivity contribution in [2.45, 2.75) is 13.3 Å². The fourth-order valence-corrected chi connectivity index (χ4v) is 0.598. The number of rotatable bonds is 4.